The Balaban J connectivity index is 2.32. The largest absolute Gasteiger partial charge is 0.478 e. The van der Waals surface area contributed by atoms with E-state index in [0.29, 0.717) is 5.02 Å². The van der Waals surface area contributed by atoms with Crippen molar-refractivity contribution in [1.29, 1.82) is 0 Å². The maximum Gasteiger partial charge on any atom is 0.328 e. The van der Waals surface area contributed by atoms with Gasteiger partial charge in [-0.15, -0.1) is 11.3 Å². The fourth-order valence-electron chi connectivity index (χ4n) is 1.43. The van der Waals surface area contributed by atoms with Crippen LogP contribution in [-0.4, -0.2) is 11.1 Å². The van der Waals surface area contributed by atoms with Gasteiger partial charge in [-0.25, -0.2) is 4.79 Å². The maximum absolute atomic E-state index is 10.4. The van der Waals surface area contributed by atoms with Crippen LogP contribution >= 0.6 is 45.5 Å². The molecule has 2 aromatic rings. The number of thiophene rings is 1. The molecule has 0 aliphatic heterocycles. The van der Waals surface area contributed by atoms with Gasteiger partial charge in [-0.3, -0.25) is 0 Å². The molecule has 0 aliphatic rings. The van der Waals surface area contributed by atoms with Gasteiger partial charge in [0.2, 0.25) is 0 Å². The molecule has 0 atom stereocenters. The number of carbonyl (C=O) groups is 1. The SMILES string of the molecule is O=C(O)/C=C/c1ccc(-c2ccc(I)cc2Cl)s1. The first kappa shape index (κ1) is 13.6. The summed E-state index contributed by atoms with van der Waals surface area (Å²) in [6.07, 6.45) is 2.71. The molecule has 92 valence electrons. The monoisotopic (exact) mass is 390 g/mol. The van der Waals surface area contributed by atoms with Gasteiger partial charge >= 0.3 is 5.97 Å². The molecule has 0 saturated heterocycles. The van der Waals surface area contributed by atoms with Gasteiger partial charge in [0, 0.05) is 25.0 Å². The Morgan fingerprint density at radius 1 is 1.33 bits per heavy atom. The molecule has 1 aromatic carbocycles. The van der Waals surface area contributed by atoms with E-state index in [4.69, 9.17) is 16.7 Å². The van der Waals surface area contributed by atoms with Crippen molar-refractivity contribution in [2.24, 2.45) is 0 Å². The highest BCUT2D eigenvalue weighted by Gasteiger charge is 2.06. The zero-order chi connectivity index (χ0) is 13.1. The van der Waals surface area contributed by atoms with Crippen molar-refractivity contribution in [3.63, 3.8) is 0 Å². The molecule has 1 N–H and O–H groups in total. The lowest BCUT2D eigenvalue weighted by molar-refractivity contribution is -0.131. The Morgan fingerprint density at radius 3 is 2.78 bits per heavy atom. The highest BCUT2D eigenvalue weighted by atomic mass is 127. The summed E-state index contributed by atoms with van der Waals surface area (Å²) in [6.45, 7) is 0. The Morgan fingerprint density at radius 2 is 2.11 bits per heavy atom. The molecule has 5 heteroatoms. The first-order valence-electron chi connectivity index (χ1n) is 5.02. The van der Waals surface area contributed by atoms with Gasteiger partial charge in [-0.2, -0.15) is 0 Å². The van der Waals surface area contributed by atoms with Crippen LogP contribution in [-0.2, 0) is 4.79 Å². The Kier molecular flexibility index (Phi) is 4.42. The van der Waals surface area contributed by atoms with Crippen LogP contribution in [0, 0.1) is 3.57 Å². The van der Waals surface area contributed by atoms with E-state index in [1.165, 1.54) is 11.3 Å². The summed E-state index contributed by atoms with van der Waals surface area (Å²) >= 11 is 9.91. The molecule has 0 fully saturated rings. The van der Waals surface area contributed by atoms with Crippen LogP contribution in [0.1, 0.15) is 4.88 Å². The normalized spacial score (nSPS) is 11.0. The van der Waals surface area contributed by atoms with E-state index in [1.54, 1.807) is 6.08 Å². The molecule has 0 bridgehead atoms. The number of hydrogen-bond donors (Lipinski definition) is 1. The van der Waals surface area contributed by atoms with Crippen LogP contribution < -0.4 is 0 Å². The van der Waals surface area contributed by atoms with E-state index < -0.39 is 5.97 Å². The van der Waals surface area contributed by atoms with E-state index in [1.807, 2.05) is 30.3 Å². The second-order valence-corrected chi connectivity index (χ2v) is 6.27. The van der Waals surface area contributed by atoms with Crippen molar-refractivity contribution >= 4 is 57.6 Å². The third-order valence-electron chi connectivity index (χ3n) is 2.21. The standard InChI is InChI=1S/C13H8ClIO2S/c14-11-7-8(15)1-4-10(11)12-5-2-9(18-12)3-6-13(16)17/h1-7H,(H,16,17)/b6-3+. The number of halogens is 2. The highest BCUT2D eigenvalue weighted by molar-refractivity contribution is 14.1. The van der Waals surface area contributed by atoms with Crippen LogP contribution in [0.4, 0.5) is 0 Å². The molecule has 1 heterocycles. The van der Waals surface area contributed by atoms with Gasteiger partial charge in [0.05, 0.1) is 5.02 Å². The lowest BCUT2D eigenvalue weighted by atomic mass is 10.2. The number of carboxylic acids is 1. The molecule has 0 saturated carbocycles. The molecule has 0 unspecified atom stereocenters. The summed E-state index contributed by atoms with van der Waals surface area (Å²) in [7, 11) is 0. The third kappa shape index (κ3) is 3.34. The van der Waals surface area contributed by atoms with E-state index in [9.17, 15) is 4.79 Å². The van der Waals surface area contributed by atoms with Crippen LogP contribution in [0.15, 0.2) is 36.4 Å². The summed E-state index contributed by atoms with van der Waals surface area (Å²) in [4.78, 5) is 12.4. The van der Waals surface area contributed by atoms with Crippen molar-refractivity contribution in [1.82, 2.24) is 0 Å². The Labute approximate surface area is 127 Å². The first-order valence-corrected chi connectivity index (χ1v) is 7.30. The Hall–Kier alpha value is -0.850. The van der Waals surface area contributed by atoms with Crippen molar-refractivity contribution in [2.45, 2.75) is 0 Å². The number of rotatable bonds is 3. The van der Waals surface area contributed by atoms with E-state index >= 15 is 0 Å². The quantitative estimate of drug-likeness (QED) is 0.605. The number of carboxylic acid groups (broad SMARTS) is 1. The molecule has 0 radical (unpaired) electrons. The molecule has 0 aliphatic carbocycles. The minimum absolute atomic E-state index is 0.706. The summed E-state index contributed by atoms with van der Waals surface area (Å²) in [6, 6.07) is 9.70. The fraction of sp³-hybridized carbons (Fsp3) is 0. The molecule has 2 nitrogen and oxygen atoms in total. The fourth-order valence-corrected chi connectivity index (χ4v) is 3.39. The number of benzene rings is 1. The van der Waals surface area contributed by atoms with Gasteiger partial charge in [-0.1, -0.05) is 17.7 Å². The van der Waals surface area contributed by atoms with Gasteiger partial charge in [0.25, 0.3) is 0 Å². The minimum Gasteiger partial charge on any atom is -0.478 e. The summed E-state index contributed by atoms with van der Waals surface area (Å²) < 4.78 is 1.09. The molecule has 1 aromatic heterocycles. The molecule has 18 heavy (non-hydrogen) atoms. The summed E-state index contributed by atoms with van der Waals surface area (Å²) in [5, 5.41) is 9.28. The van der Waals surface area contributed by atoms with Crippen molar-refractivity contribution in [3.8, 4) is 10.4 Å². The number of hydrogen-bond acceptors (Lipinski definition) is 2. The smallest absolute Gasteiger partial charge is 0.328 e. The predicted octanol–water partition coefficient (Wildman–Crippen LogP) is 4.77. The molecule has 0 spiro atoms. The second-order valence-electron chi connectivity index (χ2n) is 3.50. The molecule has 0 amide bonds. The molecular weight excluding hydrogens is 383 g/mol. The van der Waals surface area contributed by atoms with Crippen molar-refractivity contribution in [2.75, 3.05) is 0 Å². The lowest BCUT2D eigenvalue weighted by Gasteiger charge is -2.01. The van der Waals surface area contributed by atoms with Gasteiger partial charge in [0.1, 0.15) is 0 Å². The first-order chi connectivity index (χ1) is 8.56. The second kappa shape index (κ2) is 5.86. The van der Waals surface area contributed by atoms with E-state index in [0.717, 1.165) is 25.0 Å². The average molecular weight is 391 g/mol. The number of aliphatic carboxylic acids is 1. The van der Waals surface area contributed by atoms with E-state index in [2.05, 4.69) is 22.6 Å². The van der Waals surface area contributed by atoms with Crippen LogP contribution in [0.5, 0.6) is 0 Å². The van der Waals surface area contributed by atoms with Crippen LogP contribution in [0.25, 0.3) is 16.5 Å². The lowest BCUT2D eigenvalue weighted by Crippen LogP contribution is -1.84. The van der Waals surface area contributed by atoms with Crippen molar-refractivity contribution in [3.05, 3.63) is 49.9 Å². The highest BCUT2D eigenvalue weighted by Crippen LogP contribution is 2.34. The predicted molar refractivity (Wildman–Crippen MR) is 84.2 cm³/mol. The maximum atomic E-state index is 10.4. The van der Waals surface area contributed by atoms with Crippen LogP contribution in [0.3, 0.4) is 0 Å². The average Bonchev–Trinajstić information content (AvgIpc) is 2.75. The molecule has 2 rings (SSSR count). The van der Waals surface area contributed by atoms with Gasteiger partial charge in [-0.05, 0) is 52.9 Å². The zero-order valence-electron chi connectivity index (χ0n) is 9.06. The summed E-state index contributed by atoms with van der Waals surface area (Å²) in [5.41, 5.74) is 0.969. The minimum atomic E-state index is -0.947. The summed E-state index contributed by atoms with van der Waals surface area (Å²) in [5.74, 6) is -0.947. The van der Waals surface area contributed by atoms with Gasteiger partial charge in [0.15, 0.2) is 0 Å². The molecular formula is C13H8ClIO2S. The van der Waals surface area contributed by atoms with Crippen molar-refractivity contribution < 1.29 is 9.90 Å². The van der Waals surface area contributed by atoms with Gasteiger partial charge < -0.3 is 5.11 Å². The third-order valence-corrected chi connectivity index (χ3v) is 4.28. The van der Waals surface area contributed by atoms with Crippen LogP contribution in [0.2, 0.25) is 5.02 Å². The Bertz CT molecular complexity index is 619. The zero-order valence-corrected chi connectivity index (χ0v) is 12.8. The topological polar surface area (TPSA) is 37.3 Å². The van der Waals surface area contributed by atoms with E-state index in [-0.39, 0.29) is 0 Å².